The third kappa shape index (κ3) is 5.31. The van der Waals surface area contributed by atoms with Crippen LogP contribution in [0.3, 0.4) is 0 Å². The molecule has 0 atom stereocenters. The Morgan fingerprint density at radius 3 is 1.41 bits per heavy atom. The molecule has 0 spiro atoms. The molecule has 238 valence electrons. The molecule has 2 aromatic heterocycles. The molecule has 4 nitrogen and oxygen atoms in total. The molecule has 0 saturated carbocycles. The van der Waals surface area contributed by atoms with Gasteiger partial charge in [0.05, 0.1) is 0 Å². The average Bonchev–Trinajstić information content (AvgIpc) is 3.57. The summed E-state index contributed by atoms with van der Waals surface area (Å²) < 4.78 is 6.17. The summed E-state index contributed by atoms with van der Waals surface area (Å²) in [6.07, 6.45) is 0. The normalized spacial score (nSPS) is 11.5. The van der Waals surface area contributed by atoms with Crippen LogP contribution in [0.15, 0.2) is 180 Å². The molecule has 0 fully saturated rings. The van der Waals surface area contributed by atoms with Crippen LogP contribution in [-0.4, -0.2) is 15.0 Å². The van der Waals surface area contributed by atoms with Gasteiger partial charge in [-0.15, -0.1) is 0 Å². The van der Waals surface area contributed by atoms with Crippen molar-refractivity contribution in [2.45, 2.75) is 0 Å². The van der Waals surface area contributed by atoms with E-state index in [1.807, 2.05) is 30.3 Å². The van der Waals surface area contributed by atoms with Gasteiger partial charge in [0.15, 0.2) is 17.5 Å². The quantitative estimate of drug-likeness (QED) is 0.186. The van der Waals surface area contributed by atoms with Crippen LogP contribution in [0.25, 0.3) is 99.9 Å². The van der Waals surface area contributed by atoms with Gasteiger partial charge in [-0.2, -0.15) is 0 Å². The Balaban J connectivity index is 1.12. The topological polar surface area (TPSA) is 51.8 Å². The van der Waals surface area contributed by atoms with Crippen molar-refractivity contribution >= 4 is 43.5 Å². The molecule has 0 amide bonds. The van der Waals surface area contributed by atoms with Crippen molar-refractivity contribution in [2.75, 3.05) is 0 Å². The van der Waals surface area contributed by atoms with Crippen LogP contribution in [0.5, 0.6) is 0 Å². The van der Waals surface area contributed by atoms with Crippen molar-refractivity contribution in [3.8, 4) is 56.4 Å². The molecule has 0 radical (unpaired) electrons. The van der Waals surface area contributed by atoms with Gasteiger partial charge in [0.25, 0.3) is 0 Å². The van der Waals surface area contributed by atoms with Gasteiger partial charge in [0, 0.05) is 27.5 Å². The van der Waals surface area contributed by atoms with Crippen LogP contribution in [-0.2, 0) is 0 Å². The zero-order valence-electron chi connectivity index (χ0n) is 27.5. The molecule has 0 unspecified atom stereocenters. The molecule has 0 aliphatic carbocycles. The fraction of sp³-hybridized carbons (Fsp3) is 0. The molecule has 2 heterocycles. The maximum Gasteiger partial charge on any atom is 0.164 e. The van der Waals surface area contributed by atoms with Crippen molar-refractivity contribution in [1.29, 1.82) is 0 Å². The standard InChI is InChI=1S/C47H29N3O/c1-3-10-30(11-4-1)32-14-9-15-37(25-32)45-48-46(38-22-20-34-24-33(18-19-35(34)26-38)31-12-5-2-6-13-31)50-47(49-45)39-23-21-36-29-44-42(28-40(36)27-39)41-16-7-8-17-43(41)51-44/h1-29H. The maximum absolute atomic E-state index is 6.17. The molecule has 0 aliphatic rings. The van der Waals surface area contributed by atoms with E-state index in [0.717, 1.165) is 71.3 Å². The number of hydrogen-bond donors (Lipinski definition) is 0. The van der Waals surface area contributed by atoms with Gasteiger partial charge in [-0.3, -0.25) is 0 Å². The lowest BCUT2D eigenvalue weighted by Gasteiger charge is -2.11. The first kappa shape index (κ1) is 29.0. The van der Waals surface area contributed by atoms with Crippen molar-refractivity contribution < 1.29 is 4.42 Å². The van der Waals surface area contributed by atoms with E-state index < -0.39 is 0 Å². The van der Waals surface area contributed by atoms with Crippen LogP contribution < -0.4 is 0 Å². The largest absolute Gasteiger partial charge is 0.456 e. The first-order chi connectivity index (χ1) is 25.2. The smallest absolute Gasteiger partial charge is 0.164 e. The third-order valence-electron chi connectivity index (χ3n) is 9.66. The Kier molecular flexibility index (Phi) is 6.78. The first-order valence-corrected chi connectivity index (χ1v) is 17.1. The Morgan fingerprint density at radius 2 is 0.745 bits per heavy atom. The summed E-state index contributed by atoms with van der Waals surface area (Å²) in [4.78, 5) is 15.3. The van der Waals surface area contributed by atoms with E-state index in [1.54, 1.807) is 0 Å². The SMILES string of the molecule is c1ccc(-c2cccc(-c3nc(-c4ccc5cc(-c6ccccc6)ccc5c4)nc(-c4ccc5cc6oc7ccccc7c6cc5c4)n3)c2)cc1. The lowest BCUT2D eigenvalue weighted by atomic mass is 9.99. The zero-order chi connectivity index (χ0) is 33.7. The minimum Gasteiger partial charge on any atom is -0.456 e. The summed E-state index contributed by atoms with van der Waals surface area (Å²) in [6, 6.07) is 61.2. The predicted molar refractivity (Wildman–Crippen MR) is 209 cm³/mol. The molecular weight excluding hydrogens is 623 g/mol. The number of furan rings is 1. The fourth-order valence-corrected chi connectivity index (χ4v) is 7.03. The van der Waals surface area contributed by atoms with Crippen molar-refractivity contribution in [3.05, 3.63) is 176 Å². The molecule has 0 aliphatic heterocycles. The van der Waals surface area contributed by atoms with E-state index in [0.29, 0.717) is 17.5 Å². The lowest BCUT2D eigenvalue weighted by molar-refractivity contribution is 0.669. The van der Waals surface area contributed by atoms with Crippen LogP contribution in [0.4, 0.5) is 0 Å². The van der Waals surface area contributed by atoms with E-state index in [9.17, 15) is 0 Å². The molecule has 0 N–H and O–H groups in total. The van der Waals surface area contributed by atoms with Crippen molar-refractivity contribution in [1.82, 2.24) is 15.0 Å². The molecule has 8 aromatic carbocycles. The van der Waals surface area contributed by atoms with Crippen molar-refractivity contribution in [3.63, 3.8) is 0 Å². The van der Waals surface area contributed by atoms with Gasteiger partial charge in [0.2, 0.25) is 0 Å². The van der Waals surface area contributed by atoms with Gasteiger partial charge in [0.1, 0.15) is 11.2 Å². The number of hydrogen-bond acceptors (Lipinski definition) is 4. The lowest BCUT2D eigenvalue weighted by Crippen LogP contribution is -2.00. The van der Waals surface area contributed by atoms with Gasteiger partial charge in [-0.25, -0.2) is 15.0 Å². The molecule has 10 rings (SSSR count). The Bertz CT molecular complexity index is 2910. The summed E-state index contributed by atoms with van der Waals surface area (Å²) in [5, 5.41) is 6.69. The number of fused-ring (bicyclic) bond motifs is 5. The Labute approximate surface area is 294 Å². The maximum atomic E-state index is 6.17. The van der Waals surface area contributed by atoms with E-state index >= 15 is 0 Å². The third-order valence-corrected chi connectivity index (χ3v) is 9.66. The predicted octanol–water partition coefficient (Wildman–Crippen LogP) is 12.4. The molecule has 4 heteroatoms. The number of para-hydroxylation sites is 1. The highest BCUT2D eigenvalue weighted by atomic mass is 16.3. The first-order valence-electron chi connectivity index (χ1n) is 17.1. The number of rotatable bonds is 5. The van der Waals surface area contributed by atoms with Crippen LogP contribution >= 0.6 is 0 Å². The monoisotopic (exact) mass is 651 g/mol. The molecule has 0 saturated heterocycles. The summed E-state index contributed by atoms with van der Waals surface area (Å²) in [5.74, 6) is 1.88. The molecule has 51 heavy (non-hydrogen) atoms. The highest BCUT2D eigenvalue weighted by Gasteiger charge is 2.15. The highest BCUT2D eigenvalue weighted by Crippen LogP contribution is 2.35. The second-order valence-electron chi connectivity index (χ2n) is 12.9. The van der Waals surface area contributed by atoms with Gasteiger partial charge in [-0.1, -0.05) is 133 Å². The van der Waals surface area contributed by atoms with E-state index in [1.165, 1.54) is 11.1 Å². The number of nitrogens with zero attached hydrogens (tertiary/aromatic N) is 3. The van der Waals surface area contributed by atoms with Gasteiger partial charge >= 0.3 is 0 Å². The zero-order valence-corrected chi connectivity index (χ0v) is 27.5. The van der Waals surface area contributed by atoms with Crippen LogP contribution in [0.1, 0.15) is 0 Å². The summed E-state index contributed by atoms with van der Waals surface area (Å²) in [5.41, 5.74) is 9.21. The van der Waals surface area contributed by atoms with Crippen molar-refractivity contribution in [2.24, 2.45) is 0 Å². The number of aromatic nitrogens is 3. The second-order valence-corrected chi connectivity index (χ2v) is 12.9. The van der Waals surface area contributed by atoms with Gasteiger partial charge < -0.3 is 4.42 Å². The summed E-state index contributed by atoms with van der Waals surface area (Å²) in [6.45, 7) is 0. The minimum absolute atomic E-state index is 0.624. The number of benzene rings is 8. The van der Waals surface area contributed by atoms with E-state index in [4.69, 9.17) is 19.4 Å². The fourth-order valence-electron chi connectivity index (χ4n) is 7.03. The molecule has 0 bridgehead atoms. The van der Waals surface area contributed by atoms with Crippen LogP contribution in [0, 0.1) is 0 Å². The summed E-state index contributed by atoms with van der Waals surface area (Å²) in [7, 11) is 0. The molecule has 10 aromatic rings. The van der Waals surface area contributed by atoms with Gasteiger partial charge in [-0.05, 0) is 86.3 Å². The summed E-state index contributed by atoms with van der Waals surface area (Å²) >= 11 is 0. The second kappa shape index (κ2) is 11.9. The van der Waals surface area contributed by atoms with E-state index in [2.05, 4.69) is 146 Å². The minimum atomic E-state index is 0.624. The molecular formula is C47H29N3O. The highest BCUT2D eigenvalue weighted by molar-refractivity contribution is 6.10. The average molecular weight is 652 g/mol. The van der Waals surface area contributed by atoms with Crippen LogP contribution in [0.2, 0.25) is 0 Å². The van der Waals surface area contributed by atoms with E-state index in [-0.39, 0.29) is 0 Å². The Hall–Kier alpha value is -6.91. The Morgan fingerprint density at radius 1 is 0.275 bits per heavy atom.